The number of rotatable bonds is 9. The molecule has 2 rings (SSSR count). The van der Waals surface area contributed by atoms with E-state index in [1.807, 2.05) is 0 Å². The first-order valence-corrected chi connectivity index (χ1v) is 14.3. The Bertz CT molecular complexity index is 336. The summed E-state index contributed by atoms with van der Waals surface area (Å²) >= 11 is 4.39. The number of hydrogen-bond donors (Lipinski definition) is 0. The molecule has 0 N–H and O–H groups in total. The Morgan fingerprint density at radius 3 is 2.41 bits per heavy atom. The molecule has 0 aromatic heterocycles. The zero-order chi connectivity index (χ0) is 16.2. The minimum Gasteiger partial charge on any atom is -0.414 e. The van der Waals surface area contributed by atoms with Gasteiger partial charge in [0.05, 0.1) is 16.8 Å². The highest BCUT2D eigenvalue weighted by molar-refractivity contribution is 8.18. The van der Waals surface area contributed by atoms with Crippen LogP contribution < -0.4 is 0 Å². The van der Waals surface area contributed by atoms with Gasteiger partial charge in [0, 0.05) is 12.0 Å². The van der Waals surface area contributed by atoms with Crippen LogP contribution in [-0.2, 0) is 9.16 Å². The smallest absolute Gasteiger partial charge is 0.184 e. The van der Waals surface area contributed by atoms with E-state index in [4.69, 9.17) is 9.16 Å². The Labute approximate surface area is 147 Å². The summed E-state index contributed by atoms with van der Waals surface area (Å²) in [6.45, 7) is 12.7. The fourth-order valence-electron chi connectivity index (χ4n) is 3.21. The molecule has 0 aliphatic carbocycles. The van der Waals surface area contributed by atoms with E-state index in [2.05, 4.69) is 57.0 Å². The lowest BCUT2D eigenvalue weighted by Crippen LogP contribution is -2.45. The van der Waals surface area contributed by atoms with E-state index in [9.17, 15) is 0 Å². The summed E-state index contributed by atoms with van der Waals surface area (Å²) in [6, 6.07) is 0. The maximum Gasteiger partial charge on any atom is 0.184 e. The van der Waals surface area contributed by atoms with Crippen molar-refractivity contribution in [1.29, 1.82) is 0 Å². The minimum atomic E-state index is -1.50. The van der Waals surface area contributed by atoms with Crippen LogP contribution in [-0.4, -0.2) is 42.7 Å². The van der Waals surface area contributed by atoms with Crippen LogP contribution in [0.15, 0.2) is 0 Å². The minimum absolute atomic E-state index is 0.317. The highest BCUT2D eigenvalue weighted by Crippen LogP contribution is 2.53. The van der Waals surface area contributed by atoms with Gasteiger partial charge >= 0.3 is 0 Å². The van der Waals surface area contributed by atoms with Gasteiger partial charge in [0.25, 0.3) is 0 Å². The average Bonchev–Trinajstić information content (AvgIpc) is 3.26. The molecule has 0 radical (unpaired) electrons. The Balaban J connectivity index is 2.10. The first-order valence-electron chi connectivity index (χ1n) is 8.93. The molecule has 0 unspecified atom stereocenters. The van der Waals surface area contributed by atoms with Crippen LogP contribution in [0.3, 0.4) is 0 Å². The summed E-state index contributed by atoms with van der Waals surface area (Å²) in [5.41, 5.74) is 0. The van der Waals surface area contributed by atoms with Gasteiger partial charge < -0.3 is 9.16 Å². The number of thioether (sulfide) groups is 2. The maximum atomic E-state index is 6.65. The molecule has 5 heteroatoms. The molecule has 0 spiro atoms. The molecule has 3 atom stereocenters. The van der Waals surface area contributed by atoms with Crippen molar-refractivity contribution in [3.63, 3.8) is 0 Å². The van der Waals surface area contributed by atoms with Crippen LogP contribution in [0.4, 0.5) is 0 Å². The number of epoxide rings is 1. The lowest BCUT2D eigenvalue weighted by molar-refractivity contribution is 0.113. The Morgan fingerprint density at radius 1 is 1.27 bits per heavy atom. The van der Waals surface area contributed by atoms with E-state index in [0.717, 1.165) is 6.61 Å². The van der Waals surface area contributed by atoms with Crippen molar-refractivity contribution >= 4 is 31.8 Å². The van der Waals surface area contributed by atoms with Crippen molar-refractivity contribution in [2.75, 3.05) is 18.1 Å². The quantitative estimate of drug-likeness (QED) is 0.405. The van der Waals surface area contributed by atoms with Crippen LogP contribution in [0, 0.1) is 5.92 Å². The lowest BCUT2D eigenvalue weighted by atomic mass is 9.93. The Morgan fingerprint density at radius 2 is 1.91 bits per heavy atom. The van der Waals surface area contributed by atoms with Gasteiger partial charge in [-0.25, -0.2) is 0 Å². The zero-order valence-corrected chi connectivity index (χ0v) is 17.7. The summed E-state index contributed by atoms with van der Waals surface area (Å²) in [5, 5.41) is 0. The second-order valence-corrected chi connectivity index (χ2v) is 15.3. The number of ether oxygens (including phenoxy) is 1. The summed E-state index contributed by atoms with van der Waals surface area (Å²) in [4.78, 5) is 0. The topological polar surface area (TPSA) is 21.8 Å². The lowest BCUT2D eigenvalue weighted by Gasteiger charge is -2.45. The monoisotopic (exact) mass is 362 g/mol. The largest absolute Gasteiger partial charge is 0.414 e. The molecule has 2 saturated heterocycles. The van der Waals surface area contributed by atoms with E-state index in [0.29, 0.717) is 22.2 Å². The molecule has 2 aliphatic rings. The van der Waals surface area contributed by atoms with E-state index < -0.39 is 8.32 Å². The van der Waals surface area contributed by atoms with Crippen molar-refractivity contribution in [1.82, 2.24) is 0 Å². The standard InChI is InChI=1S/C17H34O2S2Si/c1-6-7-9-16(19-22(3,4)5)14(2)17(12-15-13-18-15)20-10-8-11-21-17/h14-16H,6-13H2,1-5H3/t14-,15+,16+/m1/s1. The van der Waals surface area contributed by atoms with E-state index in [-0.39, 0.29) is 0 Å². The summed E-state index contributed by atoms with van der Waals surface area (Å²) < 4.78 is 12.6. The van der Waals surface area contributed by atoms with Gasteiger partial charge in [-0.15, -0.1) is 23.5 Å². The molecular formula is C17H34O2S2Si. The predicted molar refractivity (Wildman–Crippen MR) is 104 cm³/mol. The van der Waals surface area contributed by atoms with Crippen LogP contribution in [0.2, 0.25) is 19.6 Å². The molecule has 0 amide bonds. The molecule has 22 heavy (non-hydrogen) atoms. The third-order valence-corrected chi connectivity index (χ3v) is 9.25. The van der Waals surface area contributed by atoms with Crippen molar-refractivity contribution in [3.05, 3.63) is 0 Å². The summed E-state index contributed by atoms with van der Waals surface area (Å²) in [7, 11) is -1.50. The third-order valence-electron chi connectivity index (χ3n) is 4.49. The van der Waals surface area contributed by atoms with Crippen LogP contribution in [0.25, 0.3) is 0 Å². The molecule has 2 aliphatic heterocycles. The van der Waals surface area contributed by atoms with Gasteiger partial charge in [-0.3, -0.25) is 0 Å². The van der Waals surface area contributed by atoms with Gasteiger partial charge in [-0.05, 0) is 50.4 Å². The highest BCUT2D eigenvalue weighted by Gasteiger charge is 2.47. The first-order chi connectivity index (χ1) is 10.4. The van der Waals surface area contributed by atoms with Gasteiger partial charge in [-0.2, -0.15) is 0 Å². The molecule has 2 fully saturated rings. The zero-order valence-electron chi connectivity index (χ0n) is 15.0. The first kappa shape index (κ1) is 19.2. The molecule has 2 nitrogen and oxygen atoms in total. The van der Waals surface area contributed by atoms with E-state index in [1.165, 1.54) is 43.6 Å². The van der Waals surface area contributed by atoms with Gasteiger partial charge in [0.2, 0.25) is 0 Å². The van der Waals surface area contributed by atoms with Crippen molar-refractivity contribution in [2.45, 2.75) is 81.9 Å². The van der Waals surface area contributed by atoms with Gasteiger partial charge in [-0.1, -0.05) is 26.7 Å². The number of hydrogen-bond acceptors (Lipinski definition) is 4. The average molecular weight is 363 g/mol. The molecule has 0 aromatic carbocycles. The maximum absolute atomic E-state index is 6.65. The van der Waals surface area contributed by atoms with Crippen LogP contribution in [0.1, 0.15) is 46.0 Å². The van der Waals surface area contributed by atoms with E-state index in [1.54, 1.807) is 0 Å². The van der Waals surface area contributed by atoms with Crippen LogP contribution in [0.5, 0.6) is 0 Å². The normalized spacial score (nSPS) is 27.4. The number of unbranched alkanes of at least 4 members (excludes halogenated alkanes) is 1. The van der Waals surface area contributed by atoms with Gasteiger partial charge in [0.1, 0.15) is 0 Å². The predicted octanol–water partition coefficient (Wildman–Crippen LogP) is 5.39. The second kappa shape index (κ2) is 8.28. The fraction of sp³-hybridized carbons (Fsp3) is 1.00. The Kier molecular flexibility index (Phi) is 7.21. The van der Waals surface area contributed by atoms with E-state index >= 15 is 0 Å². The van der Waals surface area contributed by atoms with Crippen molar-refractivity contribution in [2.24, 2.45) is 5.92 Å². The van der Waals surface area contributed by atoms with Crippen LogP contribution >= 0.6 is 23.5 Å². The molecule has 0 saturated carbocycles. The highest BCUT2D eigenvalue weighted by atomic mass is 32.2. The van der Waals surface area contributed by atoms with Crippen molar-refractivity contribution < 1.29 is 9.16 Å². The van der Waals surface area contributed by atoms with Crippen molar-refractivity contribution in [3.8, 4) is 0 Å². The SMILES string of the molecule is CCCC[C@H](O[Si](C)(C)C)[C@@H](C)C1(C[C@H]2CO2)SCCCS1. The summed E-state index contributed by atoms with van der Waals surface area (Å²) in [6.07, 6.45) is 7.26. The fourth-order valence-corrected chi connectivity index (χ4v) is 8.17. The molecule has 0 aromatic rings. The second-order valence-electron chi connectivity index (χ2n) is 7.72. The van der Waals surface area contributed by atoms with Gasteiger partial charge in [0.15, 0.2) is 8.32 Å². The molecule has 0 bridgehead atoms. The third kappa shape index (κ3) is 5.73. The molecular weight excluding hydrogens is 328 g/mol. The Hall–Kier alpha value is 0.837. The molecule has 130 valence electrons. The molecule has 2 heterocycles. The summed E-state index contributed by atoms with van der Waals surface area (Å²) in [5.74, 6) is 3.21.